The van der Waals surface area contributed by atoms with Crippen molar-refractivity contribution in [1.29, 1.82) is 0 Å². The van der Waals surface area contributed by atoms with Crippen LogP contribution in [0.15, 0.2) is 84.9 Å². The Morgan fingerprint density at radius 3 is 2.07 bits per heavy atom. The number of ether oxygens (including phenoxy) is 1. The van der Waals surface area contributed by atoms with Gasteiger partial charge in [-0.1, -0.05) is 66.7 Å². The topological polar surface area (TPSA) is 26.3 Å². The number of hydrogen-bond acceptors (Lipinski definition) is 2. The minimum absolute atomic E-state index is 0.260. The van der Waals surface area contributed by atoms with Crippen molar-refractivity contribution in [3.63, 3.8) is 0 Å². The first-order valence-electron chi connectivity index (χ1n) is 8.95. The summed E-state index contributed by atoms with van der Waals surface area (Å²) in [4.78, 5) is 11.6. The molecule has 0 amide bonds. The molecule has 3 aromatic carbocycles. The third-order valence-corrected chi connectivity index (χ3v) is 4.25. The summed E-state index contributed by atoms with van der Waals surface area (Å²) in [5, 5.41) is 0. The number of halogens is 1. The molecule has 0 aliphatic rings. The van der Waals surface area contributed by atoms with E-state index in [1.165, 1.54) is 0 Å². The van der Waals surface area contributed by atoms with Crippen LogP contribution in [-0.2, 0) is 11.2 Å². The van der Waals surface area contributed by atoms with Crippen LogP contribution in [0.1, 0.15) is 28.4 Å². The highest BCUT2D eigenvalue weighted by Crippen LogP contribution is 2.23. The van der Waals surface area contributed by atoms with Crippen LogP contribution in [0.5, 0.6) is 0 Å². The predicted molar refractivity (Wildman–Crippen MR) is 107 cm³/mol. The Bertz CT molecular complexity index is 911. The second-order valence-corrected chi connectivity index (χ2v) is 6.12. The molecule has 0 atom stereocenters. The van der Waals surface area contributed by atoms with Crippen LogP contribution >= 0.6 is 0 Å². The zero-order valence-electron chi connectivity index (χ0n) is 15.2. The molecule has 136 valence electrons. The van der Waals surface area contributed by atoms with Crippen LogP contribution in [0, 0.1) is 0 Å². The van der Waals surface area contributed by atoms with Gasteiger partial charge in [-0.05, 0) is 48.2 Å². The number of carbonyl (C=O) groups is 1. The third kappa shape index (κ3) is 4.91. The van der Waals surface area contributed by atoms with Gasteiger partial charge < -0.3 is 4.74 Å². The van der Waals surface area contributed by atoms with E-state index in [1.54, 1.807) is 37.3 Å². The van der Waals surface area contributed by atoms with Crippen molar-refractivity contribution in [2.24, 2.45) is 0 Å². The summed E-state index contributed by atoms with van der Waals surface area (Å²) in [6, 6.07) is 24.5. The van der Waals surface area contributed by atoms with Crippen molar-refractivity contribution in [3.05, 3.63) is 102 Å². The molecule has 2 nitrogen and oxygen atoms in total. The number of rotatable bonds is 6. The van der Waals surface area contributed by atoms with Crippen molar-refractivity contribution in [3.8, 4) is 11.1 Å². The van der Waals surface area contributed by atoms with Crippen LogP contribution in [0.2, 0.25) is 0 Å². The van der Waals surface area contributed by atoms with Gasteiger partial charge in [0.1, 0.15) is 5.83 Å². The molecule has 27 heavy (non-hydrogen) atoms. The Morgan fingerprint density at radius 1 is 0.852 bits per heavy atom. The molecule has 0 fully saturated rings. The van der Waals surface area contributed by atoms with Crippen LogP contribution < -0.4 is 0 Å². The summed E-state index contributed by atoms with van der Waals surface area (Å²) in [5.41, 5.74) is 4.15. The maximum atomic E-state index is 14.4. The molecule has 0 heterocycles. The smallest absolute Gasteiger partial charge is 0.338 e. The van der Waals surface area contributed by atoms with Gasteiger partial charge in [0.25, 0.3) is 0 Å². The molecule has 0 saturated heterocycles. The van der Waals surface area contributed by atoms with Gasteiger partial charge in [-0.3, -0.25) is 0 Å². The van der Waals surface area contributed by atoms with E-state index in [9.17, 15) is 9.18 Å². The van der Waals surface area contributed by atoms with Gasteiger partial charge in [-0.2, -0.15) is 0 Å². The third-order valence-electron chi connectivity index (χ3n) is 4.25. The van der Waals surface area contributed by atoms with Crippen molar-refractivity contribution < 1.29 is 13.9 Å². The normalized spacial score (nSPS) is 11.3. The van der Waals surface area contributed by atoms with Crippen LogP contribution in [0.25, 0.3) is 17.0 Å². The lowest BCUT2D eigenvalue weighted by molar-refractivity contribution is 0.0526. The second-order valence-electron chi connectivity index (χ2n) is 6.12. The highest BCUT2D eigenvalue weighted by Gasteiger charge is 2.06. The molecule has 0 aliphatic carbocycles. The molecule has 0 spiro atoms. The lowest BCUT2D eigenvalue weighted by Crippen LogP contribution is -2.04. The highest BCUT2D eigenvalue weighted by atomic mass is 19.1. The first-order chi connectivity index (χ1) is 13.2. The minimum atomic E-state index is -0.343. The van der Waals surface area contributed by atoms with E-state index in [4.69, 9.17) is 4.74 Å². The van der Waals surface area contributed by atoms with Crippen molar-refractivity contribution in [2.75, 3.05) is 6.61 Å². The van der Waals surface area contributed by atoms with Crippen molar-refractivity contribution in [2.45, 2.75) is 13.3 Å². The minimum Gasteiger partial charge on any atom is -0.462 e. The van der Waals surface area contributed by atoms with E-state index in [0.29, 0.717) is 24.2 Å². The number of benzene rings is 3. The van der Waals surface area contributed by atoms with Gasteiger partial charge in [0.2, 0.25) is 0 Å². The van der Waals surface area contributed by atoms with Crippen LogP contribution in [0.4, 0.5) is 4.39 Å². The maximum absolute atomic E-state index is 14.4. The predicted octanol–water partition coefficient (Wildman–Crippen LogP) is 6.08. The monoisotopic (exact) mass is 360 g/mol. The molecular weight excluding hydrogens is 339 g/mol. The van der Waals surface area contributed by atoms with Crippen LogP contribution in [-0.4, -0.2) is 12.6 Å². The summed E-state index contributed by atoms with van der Waals surface area (Å²) in [6.07, 6.45) is 2.01. The Morgan fingerprint density at radius 2 is 1.44 bits per heavy atom. The molecule has 0 saturated carbocycles. The quantitative estimate of drug-likeness (QED) is 0.498. The molecule has 0 aliphatic heterocycles. The molecule has 0 radical (unpaired) electrons. The van der Waals surface area contributed by atoms with Crippen LogP contribution in [0.3, 0.4) is 0 Å². The summed E-state index contributed by atoms with van der Waals surface area (Å²) < 4.78 is 19.4. The van der Waals surface area contributed by atoms with Gasteiger partial charge in [-0.15, -0.1) is 0 Å². The fraction of sp³-hybridized carbons (Fsp3) is 0.125. The number of hydrogen-bond donors (Lipinski definition) is 0. The molecule has 3 rings (SSSR count). The number of carbonyl (C=O) groups excluding carboxylic acids is 1. The standard InChI is InChI=1S/C24H21FO2/c1-2-27-24(26)22-11-8-18(9-12-22)10-17-23(25)21-15-13-20(14-16-21)19-6-4-3-5-7-19/h3-9,11-17H,2,10H2,1H3/b23-17-. The van der Waals surface area contributed by atoms with E-state index in [0.717, 1.165) is 16.7 Å². The summed E-state index contributed by atoms with van der Waals surface area (Å²) in [7, 11) is 0. The maximum Gasteiger partial charge on any atom is 0.338 e. The van der Waals surface area contributed by atoms with Gasteiger partial charge in [0.15, 0.2) is 0 Å². The first-order valence-corrected chi connectivity index (χ1v) is 8.95. The Balaban J connectivity index is 1.66. The molecule has 0 unspecified atom stereocenters. The Hall–Kier alpha value is -3.20. The zero-order chi connectivity index (χ0) is 19.1. The molecule has 3 aromatic rings. The average Bonchev–Trinajstić information content (AvgIpc) is 2.73. The highest BCUT2D eigenvalue weighted by molar-refractivity contribution is 5.89. The molecule has 0 N–H and O–H groups in total. The largest absolute Gasteiger partial charge is 0.462 e. The van der Waals surface area contributed by atoms with Gasteiger partial charge >= 0.3 is 5.97 Å². The SMILES string of the molecule is CCOC(=O)c1ccc(C/C=C(\F)c2ccc(-c3ccccc3)cc2)cc1. The summed E-state index contributed by atoms with van der Waals surface area (Å²) in [6.45, 7) is 2.11. The molecule has 3 heteroatoms. The lowest BCUT2D eigenvalue weighted by atomic mass is 10.0. The first kappa shape index (κ1) is 18.6. The van der Waals surface area contributed by atoms with E-state index >= 15 is 0 Å². The molecular formula is C24H21FO2. The summed E-state index contributed by atoms with van der Waals surface area (Å²) >= 11 is 0. The molecule has 0 bridgehead atoms. The van der Waals surface area contributed by atoms with E-state index in [-0.39, 0.29) is 11.8 Å². The molecule has 0 aromatic heterocycles. The van der Waals surface area contributed by atoms with E-state index in [1.807, 2.05) is 54.6 Å². The van der Waals surface area contributed by atoms with E-state index in [2.05, 4.69) is 0 Å². The Kier molecular flexibility index (Phi) is 6.16. The van der Waals surface area contributed by atoms with Crippen molar-refractivity contribution in [1.82, 2.24) is 0 Å². The Labute approximate surface area is 158 Å². The number of allylic oxidation sites excluding steroid dienone is 1. The second kappa shape index (κ2) is 8.95. The zero-order valence-corrected chi connectivity index (χ0v) is 15.2. The fourth-order valence-electron chi connectivity index (χ4n) is 2.77. The van der Waals surface area contributed by atoms with Gasteiger partial charge in [0, 0.05) is 5.56 Å². The van der Waals surface area contributed by atoms with Crippen molar-refractivity contribution >= 4 is 11.8 Å². The summed E-state index contributed by atoms with van der Waals surface area (Å²) in [5.74, 6) is -0.603. The lowest BCUT2D eigenvalue weighted by Gasteiger charge is -2.04. The van der Waals surface area contributed by atoms with Gasteiger partial charge in [-0.25, -0.2) is 9.18 Å². The average molecular weight is 360 g/mol. The fourth-order valence-corrected chi connectivity index (χ4v) is 2.77. The van der Waals surface area contributed by atoms with E-state index < -0.39 is 0 Å². The number of esters is 1. The van der Waals surface area contributed by atoms with Gasteiger partial charge in [0.05, 0.1) is 12.2 Å².